The molecule has 1 N–H and O–H groups in total. The Morgan fingerprint density at radius 1 is 1.31 bits per heavy atom. The predicted molar refractivity (Wildman–Crippen MR) is 69.9 cm³/mol. The topological polar surface area (TPSA) is 24.4 Å². The summed E-state index contributed by atoms with van der Waals surface area (Å²) in [7, 11) is 0. The van der Waals surface area contributed by atoms with Gasteiger partial charge in [0, 0.05) is 5.71 Å². The van der Waals surface area contributed by atoms with E-state index in [1.807, 2.05) is 6.07 Å². The number of hydrazone groups is 1. The minimum atomic E-state index is 0.797. The normalized spacial score (nSPS) is 23.4. The van der Waals surface area contributed by atoms with Crippen LogP contribution < -0.4 is 5.43 Å². The second-order valence-electron chi connectivity index (χ2n) is 4.81. The number of aryl methyl sites for hydroxylation is 1. The molecule has 0 amide bonds. The lowest BCUT2D eigenvalue weighted by Crippen LogP contribution is -2.14. The molecule has 0 radical (unpaired) electrons. The zero-order valence-corrected chi connectivity index (χ0v) is 10.2. The molecule has 1 aromatic carbocycles. The van der Waals surface area contributed by atoms with Crippen molar-refractivity contribution in [2.24, 2.45) is 11.0 Å². The summed E-state index contributed by atoms with van der Waals surface area (Å²) < 4.78 is 0. The molecule has 1 aromatic rings. The molecular formula is C14H20N2. The molecule has 2 rings (SSSR count). The van der Waals surface area contributed by atoms with Crippen LogP contribution in [0.1, 0.15) is 38.2 Å². The third kappa shape index (κ3) is 2.84. The van der Waals surface area contributed by atoms with Crippen LogP contribution in [0, 0.1) is 12.8 Å². The number of hydrogen-bond acceptors (Lipinski definition) is 2. The van der Waals surface area contributed by atoms with Crippen LogP contribution in [0.2, 0.25) is 0 Å². The van der Waals surface area contributed by atoms with E-state index in [4.69, 9.17) is 0 Å². The van der Waals surface area contributed by atoms with E-state index in [2.05, 4.69) is 42.6 Å². The van der Waals surface area contributed by atoms with E-state index in [-0.39, 0.29) is 0 Å². The van der Waals surface area contributed by atoms with Crippen LogP contribution in [-0.4, -0.2) is 5.71 Å². The summed E-state index contributed by atoms with van der Waals surface area (Å²) in [6, 6.07) is 8.27. The maximum Gasteiger partial charge on any atom is 0.0590 e. The van der Waals surface area contributed by atoms with Gasteiger partial charge >= 0.3 is 0 Å². The highest BCUT2D eigenvalue weighted by Gasteiger charge is 2.13. The summed E-state index contributed by atoms with van der Waals surface area (Å²) >= 11 is 0. The molecule has 0 spiro atoms. The quantitative estimate of drug-likeness (QED) is 0.743. The number of anilines is 1. The van der Waals surface area contributed by atoms with Gasteiger partial charge in [0.25, 0.3) is 0 Å². The fourth-order valence-electron chi connectivity index (χ4n) is 2.20. The molecule has 1 aliphatic carbocycles. The highest BCUT2D eigenvalue weighted by Crippen LogP contribution is 2.22. The Morgan fingerprint density at radius 2 is 2.12 bits per heavy atom. The largest absolute Gasteiger partial charge is 0.278 e. The van der Waals surface area contributed by atoms with Crippen LogP contribution in [-0.2, 0) is 0 Å². The van der Waals surface area contributed by atoms with E-state index < -0.39 is 0 Å². The lowest BCUT2D eigenvalue weighted by atomic mass is 9.89. The van der Waals surface area contributed by atoms with E-state index in [0.717, 1.165) is 24.4 Å². The molecule has 0 unspecified atom stereocenters. The van der Waals surface area contributed by atoms with Crippen molar-refractivity contribution in [2.45, 2.75) is 39.5 Å². The third-order valence-corrected chi connectivity index (χ3v) is 3.23. The van der Waals surface area contributed by atoms with Gasteiger partial charge in [-0.15, -0.1) is 0 Å². The fraction of sp³-hybridized carbons (Fsp3) is 0.500. The molecule has 0 aromatic heterocycles. The van der Waals surface area contributed by atoms with E-state index in [1.165, 1.54) is 24.1 Å². The second-order valence-corrected chi connectivity index (χ2v) is 4.81. The molecule has 0 bridgehead atoms. The molecule has 16 heavy (non-hydrogen) atoms. The van der Waals surface area contributed by atoms with Crippen molar-refractivity contribution in [3.63, 3.8) is 0 Å². The van der Waals surface area contributed by atoms with Crippen LogP contribution in [0.15, 0.2) is 29.4 Å². The maximum atomic E-state index is 4.53. The minimum Gasteiger partial charge on any atom is -0.278 e. The smallest absolute Gasteiger partial charge is 0.0590 e. The van der Waals surface area contributed by atoms with Crippen molar-refractivity contribution in [1.82, 2.24) is 0 Å². The Bertz CT molecular complexity index is 382. The van der Waals surface area contributed by atoms with Gasteiger partial charge in [0.2, 0.25) is 0 Å². The monoisotopic (exact) mass is 216 g/mol. The van der Waals surface area contributed by atoms with Crippen molar-refractivity contribution in [1.29, 1.82) is 0 Å². The van der Waals surface area contributed by atoms with E-state index in [0.29, 0.717) is 0 Å². The zero-order valence-electron chi connectivity index (χ0n) is 10.2. The summed E-state index contributed by atoms with van der Waals surface area (Å²) in [6.45, 7) is 4.41. The van der Waals surface area contributed by atoms with Gasteiger partial charge in [0.15, 0.2) is 0 Å². The highest BCUT2D eigenvalue weighted by atomic mass is 15.3. The van der Waals surface area contributed by atoms with Crippen molar-refractivity contribution >= 4 is 11.4 Å². The molecule has 2 nitrogen and oxygen atoms in total. The number of para-hydroxylation sites is 1. The van der Waals surface area contributed by atoms with Crippen LogP contribution >= 0.6 is 0 Å². The molecule has 0 aliphatic heterocycles. The van der Waals surface area contributed by atoms with E-state index in [9.17, 15) is 0 Å². The lowest BCUT2D eigenvalue weighted by molar-refractivity contribution is 0.500. The van der Waals surface area contributed by atoms with Gasteiger partial charge in [-0.1, -0.05) is 25.1 Å². The van der Waals surface area contributed by atoms with Gasteiger partial charge < -0.3 is 0 Å². The first kappa shape index (κ1) is 11.2. The first-order valence-corrected chi connectivity index (χ1v) is 6.13. The van der Waals surface area contributed by atoms with E-state index >= 15 is 0 Å². The Morgan fingerprint density at radius 3 is 2.88 bits per heavy atom. The van der Waals surface area contributed by atoms with Crippen molar-refractivity contribution in [2.75, 3.05) is 5.43 Å². The summed E-state index contributed by atoms with van der Waals surface area (Å²) in [5.74, 6) is 0.797. The summed E-state index contributed by atoms with van der Waals surface area (Å²) in [4.78, 5) is 0. The van der Waals surface area contributed by atoms with Gasteiger partial charge in [0.05, 0.1) is 5.69 Å². The standard InChI is InChI=1S/C14H20N2/c1-11-6-5-8-13(10-11)15-16-14-9-4-3-7-12(14)2/h3-4,7,9,11,16H,5-6,8,10H2,1-2H3/b15-13-/t11-/m1/s1. The maximum absolute atomic E-state index is 4.53. The van der Waals surface area contributed by atoms with Gasteiger partial charge in [-0.2, -0.15) is 5.10 Å². The molecule has 1 saturated carbocycles. The van der Waals surface area contributed by atoms with Crippen LogP contribution in [0.3, 0.4) is 0 Å². The molecule has 1 aliphatic rings. The number of rotatable bonds is 2. The number of hydrogen-bond donors (Lipinski definition) is 1. The van der Waals surface area contributed by atoms with Gasteiger partial charge in [-0.05, 0) is 50.2 Å². The van der Waals surface area contributed by atoms with Crippen molar-refractivity contribution in [3.8, 4) is 0 Å². The highest BCUT2D eigenvalue weighted by molar-refractivity contribution is 5.86. The Hall–Kier alpha value is -1.31. The molecule has 0 saturated heterocycles. The number of nitrogens with zero attached hydrogens (tertiary/aromatic N) is 1. The van der Waals surface area contributed by atoms with Crippen LogP contribution in [0.25, 0.3) is 0 Å². The Kier molecular flexibility index (Phi) is 3.60. The summed E-state index contributed by atoms with van der Waals surface area (Å²) in [6.07, 6.45) is 4.95. The molecular weight excluding hydrogens is 196 g/mol. The second kappa shape index (κ2) is 5.15. The fourth-order valence-corrected chi connectivity index (χ4v) is 2.20. The van der Waals surface area contributed by atoms with E-state index in [1.54, 1.807) is 0 Å². The first-order valence-electron chi connectivity index (χ1n) is 6.13. The number of nitrogens with one attached hydrogen (secondary N) is 1. The molecule has 1 atom stereocenters. The van der Waals surface area contributed by atoms with Crippen molar-refractivity contribution < 1.29 is 0 Å². The average molecular weight is 216 g/mol. The molecule has 2 heteroatoms. The molecule has 86 valence electrons. The molecule has 1 fully saturated rings. The van der Waals surface area contributed by atoms with Crippen LogP contribution in [0.5, 0.6) is 0 Å². The van der Waals surface area contributed by atoms with Crippen LogP contribution in [0.4, 0.5) is 5.69 Å². The van der Waals surface area contributed by atoms with Crippen molar-refractivity contribution in [3.05, 3.63) is 29.8 Å². The van der Waals surface area contributed by atoms with Gasteiger partial charge in [0.1, 0.15) is 0 Å². The first-order chi connectivity index (χ1) is 7.75. The number of benzene rings is 1. The van der Waals surface area contributed by atoms with Gasteiger partial charge in [-0.25, -0.2) is 0 Å². The summed E-state index contributed by atoms with van der Waals surface area (Å²) in [5, 5.41) is 4.53. The zero-order chi connectivity index (χ0) is 11.4. The average Bonchev–Trinajstić information content (AvgIpc) is 2.28. The summed E-state index contributed by atoms with van der Waals surface area (Å²) in [5.41, 5.74) is 6.88. The SMILES string of the molecule is Cc1ccccc1N/N=C1/CCC[C@@H](C)C1. The predicted octanol–water partition coefficient (Wildman–Crippen LogP) is 3.97. The lowest BCUT2D eigenvalue weighted by Gasteiger charge is -2.19. The Labute approximate surface area is 97.8 Å². The third-order valence-electron chi connectivity index (χ3n) is 3.23. The minimum absolute atomic E-state index is 0.797. The Balaban J connectivity index is 2.00. The van der Waals surface area contributed by atoms with Gasteiger partial charge in [-0.3, -0.25) is 5.43 Å². The molecule has 0 heterocycles.